The van der Waals surface area contributed by atoms with Crippen molar-refractivity contribution in [3.05, 3.63) is 70.4 Å². The monoisotopic (exact) mass is 304 g/mol. The Balaban J connectivity index is 2.18. The number of hydrogen-bond acceptors (Lipinski definition) is 4. The molecule has 4 rings (SSSR count). The lowest BCUT2D eigenvalue weighted by Crippen LogP contribution is -2.06. The lowest BCUT2D eigenvalue weighted by atomic mass is 10.0. The topological polar surface area (TPSA) is 56.5 Å². The summed E-state index contributed by atoms with van der Waals surface area (Å²) in [6, 6.07) is 16.1. The van der Waals surface area contributed by atoms with Gasteiger partial charge in [-0.2, -0.15) is 0 Å². The summed E-state index contributed by atoms with van der Waals surface area (Å²) in [5.74, 6) is -0.482. The van der Waals surface area contributed by atoms with Crippen LogP contribution in [0.25, 0.3) is 32.7 Å². The molecule has 0 saturated carbocycles. The van der Waals surface area contributed by atoms with Crippen molar-refractivity contribution in [1.29, 1.82) is 0 Å². The predicted molar refractivity (Wildman–Crippen MR) is 88.8 cm³/mol. The van der Waals surface area contributed by atoms with Crippen molar-refractivity contribution in [3.8, 4) is 0 Å². The van der Waals surface area contributed by atoms with Gasteiger partial charge in [0.1, 0.15) is 11.2 Å². The largest absolute Gasteiger partial charge is 0.465 e. The SMILES string of the molecule is COC(=O)c1ccc2oc3ccc4ccccc4c3c(=O)c2c1. The van der Waals surface area contributed by atoms with Crippen LogP contribution in [-0.4, -0.2) is 13.1 Å². The maximum Gasteiger partial charge on any atom is 0.337 e. The number of fused-ring (bicyclic) bond motifs is 4. The van der Waals surface area contributed by atoms with Crippen LogP contribution in [0.15, 0.2) is 63.8 Å². The molecule has 0 bridgehead atoms. The van der Waals surface area contributed by atoms with Crippen molar-refractivity contribution >= 4 is 38.7 Å². The van der Waals surface area contributed by atoms with Crippen LogP contribution in [0.2, 0.25) is 0 Å². The highest BCUT2D eigenvalue weighted by Crippen LogP contribution is 2.26. The Hall–Kier alpha value is -3.14. The van der Waals surface area contributed by atoms with E-state index in [4.69, 9.17) is 9.15 Å². The van der Waals surface area contributed by atoms with Gasteiger partial charge in [0.05, 0.1) is 23.4 Å². The summed E-state index contributed by atoms with van der Waals surface area (Å²) in [7, 11) is 1.31. The molecule has 0 fully saturated rings. The minimum Gasteiger partial charge on any atom is -0.465 e. The van der Waals surface area contributed by atoms with Gasteiger partial charge in [0.15, 0.2) is 0 Å². The van der Waals surface area contributed by atoms with Gasteiger partial charge in [-0.05, 0) is 35.0 Å². The molecule has 1 heterocycles. The fourth-order valence-electron chi connectivity index (χ4n) is 2.87. The Morgan fingerprint density at radius 1 is 0.957 bits per heavy atom. The molecule has 23 heavy (non-hydrogen) atoms. The van der Waals surface area contributed by atoms with E-state index >= 15 is 0 Å². The number of ether oxygens (including phenoxy) is 1. The third-order valence-electron chi connectivity index (χ3n) is 3.98. The van der Waals surface area contributed by atoms with Crippen molar-refractivity contribution < 1.29 is 13.9 Å². The minimum atomic E-state index is -0.482. The van der Waals surface area contributed by atoms with Gasteiger partial charge in [-0.1, -0.05) is 30.3 Å². The normalized spacial score (nSPS) is 11.2. The number of hydrogen-bond donors (Lipinski definition) is 0. The second-order valence-electron chi connectivity index (χ2n) is 5.29. The minimum absolute atomic E-state index is 0.149. The third kappa shape index (κ3) is 1.99. The maximum absolute atomic E-state index is 13.0. The molecule has 0 aliphatic carbocycles. The highest BCUT2D eigenvalue weighted by Gasteiger charge is 2.13. The van der Waals surface area contributed by atoms with Crippen molar-refractivity contribution in [3.63, 3.8) is 0 Å². The van der Waals surface area contributed by atoms with Crippen LogP contribution >= 0.6 is 0 Å². The zero-order valence-electron chi connectivity index (χ0n) is 12.3. The molecule has 0 radical (unpaired) electrons. The molecule has 0 saturated heterocycles. The number of benzene rings is 3. The number of carbonyl (C=O) groups excluding carboxylic acids is 1. The number of methoxy groups -OCH3 is 1. The molecule has 112 valence electrons. The van der Waals surface area contributed by atoms with Crippen molar-refractivity contribution in [2.24, 2.45) is 0 Å². The fraction of sp³-hybridized carbons (Fsp3) is 0.0526. The first kappa shape index (κ1) is 13.5. The number of rotatable bonds is 1. The van der Waals surface area contributed by atoms with Gasteiger partial charge in [-0.25, -0.2) is 4.79 Å². The van der Waals surface area contributed by atoms with E-state index in [0.717, 1.165) is 10.8 Å². The van der Waals surface area contributed by atoms with Crippen LogP contribution < -0.4 is 5.43 Å². The predicted octanol–water partition coefficient (Wildman–Crippen LogP) is 3.89. The van der Waals surface area contributed by atoms with Crippen LogP contribution in [-0.2, 0) is 4.74 Å². The lowest BCUT2D eigenvalue weighted by molar-refractivity contribution is 0.0601. The summed E-state index contributed by atoms with van der Waals surface area (Å²) < 4.78 is 10.6. The highest BCUT2D eigenvalue weighted by molar-refractivity contribution is 6.08. The molecule has 1 aromatic heterocycles. The summed E-state index contributed by atoms with van der Waals surface area (Å²) >= 11 is 0. The van der Waals surface area contributed by atoms with Crippen LogP contribution in [0.1, 0.15) is 10.4 Å². The van der Waals surface area contributed by atoms with E-state index in [-0.39, 0.29) is 5.43 Å². The van der Waals surface area contributed by atoms with Crippen LogP contribution in [0.4, 0.5) is 0 Å². The zero-order valence-corrected chi connectivity index (χ0v) is 12.3. The Labute approximate surface area is 130 Å². The summed E-state index contributed by atoms with van der Waals surface area (Å²) in [4.78, 5) is 24.6. The molecule has 0 spiro atoms. The first-order valence-electron chi connectivity index (χ1n) is 7.15. The molecule has 0 atom stereocenters. The summed E-state index contributed by atoms with van der Waals surface area (Å²) in [5, 5.41) is 2.70. The quantitative estimate of drug-likeness (QED) is 0.304. The summed E-state index contributed by atoms with van der Waals surface area (Å²) in [6.45, 7) is 0. The molecule has 0 aliphatic rings. The smallest absolute Gasteiger partial charge is 0.337 e. The Kier molecular flexibility index (Phi) is 2.91. The maximum atomic E-state index is 13.0. The Morgan fingerprint density at radius 2 is 1.74 bits per heavy atom. The average molecular weight is 304 g/mol. The van der Waals surface area contributed by atoms with E-state index in [0.29, 0.717) is 27.5 Å². The molecule has 4 aromatic rings. The van der Waals surface area contributed by atoms with E-state index in [1.807, 2.05) is 30.3 Å². The fourth-order valence-corrected chi connectivity index (χ4v) is 2.87. The van der Waals surface area contributed by atoms with Gasteiger partial charge in [-0.3, -0.25) is 4.79 Å². The second kappa shape index (κ2) is 4.95. The summed E-state index contributed by atoms with van der Waals surface area (Å²) in [5.41, 5.74) is 1.16. The van der Waals surface area contributed by atoms with Crippen molar-refractivity contribution in [2.75, 3.05) is 7.11 Å². The van der Waals surface area contributed by atoms with E-state index < -0.39 is 5.97 Å². The van der Waals surface area contributed by atoms with Crippen molar-refractivity contribution in [2.45, 2.75) is 0 Å². The third-order valence-corrected chi connectivity index (χ3v) is 3.98. The molecule has 0 amide bonds. The van der Waals surface area contributed by atoms with Gasteiger partial charge >= 0.3 is 5.97 Å². The highest BCUT2D eigenvalue weighted by atomic mass is 16.5. The van der Waals surface area contributed by atoms with E-state index in [1.54, 1.807) is 18.2 Å². The molecule has 0 N–H and O–H groups in total. The zero-order chi connectivity index (χ0) is 16.0. The van der Waals surface area contributed by atoms with E-state index in [1.165, 1.54) is 13.2 Å². The Bertz CT molecular complexity index is 1140. The second-order valence-corrected chi connectivity index (χ2v) is 5.29. The molecule has 4 nitrogen and oxygen atoms in total. The Morgan fingerprint density at radius 3 is 2.57 bits per heavy atom. The van der Waals surface area contributed by atoms with Gasteiger partial charge in [0.25, 0.3) is 0 Å². The van der Waals surface area contributed by atoms with Crippen molar-refractivity contribution in [1.82, 2.24) is 0 Å². The first-order chi connectivity index (χ1) is 11.2. The molecule has 0 unspecified atom stereocenters. The molecule has 0 aliphatic heterocycles. The van der Waals surface area contributed by atoms with Crippen LogP contribution in [0, 0.1) is 0 Å². The average Bonchev–Trinajstić information content (AvgIpc) is 2.60. The van der Waals surface area contributed by atoms with Gasteiger partial charge < -0.3 is 9.15 Å². The molecule has 4 heteroatoms. The standard InChI is InChI=1S/C19H12O4/c1-22-19(21)12-7-8-15-14(10-12)18(20)17-13-5-3-2-4-11(13)6-9-16(17)23-15/h2-10H,1H3. The van der Waals surface area contributed by atoms with Gasteiger partial charge in [0, 0.05) is 0 Å². The first-order valence-corrected chi connectivity index (χ1v) is 7.15. The summed E-state index contributed by atoms with van der Waals surface area (Å²) in [6.07, 6.45) is 0. The number of esters is 1. The van der Waals surface area contributed by atoms with E-state index in [9.17, 15) is 9.59 Å². The molecular weight excluding hydrogens is 292 g/mol. The van der Waals surface area contributed by atoms with E-state index in [2.05, 4.69) is 0 Å². The molecular formula is C19H12O4. The van der Waals surface area contributed by atoms with Gasteiger partial charge in [-0.15, -0.1) is 0 Å². The van der Waals surface area contributed by atoms with Crippen LogP contribution in [0.3, 0.4) is 0 Å². The number of carbonyl (C=O) groups is 1. The molecule has 3 aromatic carbocycles. The van der Waals surface area contributed by atoms with Crippen LogP contribution in [0.5, 0.6) is 0 Å². The lowest BCUT2D eigenvalue weighted by Gasteiger charge is -2.06. The van der Waals surface area contributed by atoms with Gasteiger partial charge in [0.2, 0.25) is 5.43 Å².